The van der Waals surface area contributed by atoms with E-state index in [0.29, 0.717) is 12.1 Å². The van der Waals surface area contributed by atoms with Crippen molar-refractivity contribution in [3.63, 3.8) is 0 Å². The Kier molecular flexibility index (Phi) is 3.80. The fraction of sp³-hybridized carbons (Fsp3) is 0.462. The van der Waals surface area contributed by atoms with E-state index in [1.807, 2.05) is 13.1 Å². The van der Waals surface area contributed by atoms with Crippen molar-refractivity contribution in [1.82, 2.24) is 4.90 Å². The van der Waals surface area contributed by atoms with E-state index in [-0.39, 0.29) is 11.9 Å². The Labute approximate surface area is 106 Å². The second kappa shape index (κ2) is 5.34. The number of rotatable bonds is 2. The van der Waals surface area contributed by atoms with Crippen molar-refractivity contribution in [2.45, 2.75) is 6.04 Å². The fourth-order valence-corrected chi connectivity index (χ4v) is 2.36. The first-order valence-electron chi connectivity index (χ1n) is 6.00. The Hall–Kier alpha value is -1.64. The molecule has 1 heterocycles. The van der Waals surface area contributed by atoms with Gasteiger partial charge in [-0.1, -0.05) is 0 Å². The zero-order valence-corrected chi connectivity index (χ0v) is 10.4. The first kappa shape index (κ1) is 12.8. The number of hydrogen-bond acceptors (Lipinski definition) is 4. The summed E-state index contributed by atoms with van der Waals surface area (Å²) < 4.78 is 13.5. The Bertz CT molecular complexity index is 469. The monoisotopic (exact) mass is 248 g/mol. The van der Waals surface area contributed by atoms with Gasteiger partial charge in [0.05, 0.1) is 17.7 Å². The molecular formula is C13H17FN4. The van der Waals surface area contributed by atoms with E-state index in [1.165, 1.54) is 12.1 Å². The summed E-state index contributed by atoms with van der Waals surface area (Å²) in [6.07, 6.45) is 0. The number of nitrogens with zero attached hydrogens (tertiary/aromatic N) is 3. The average Bonchev–Trinajstić information content (AvgIpc) is 2.37. The minimum absolute atomic E-state index is 0.164. The van der Waals surface area contributed by atoms with Crippen LogP contribution in [0.15, 0.2) is 18.2 Å². The van der Waals surface area contributed by atoms with Gasteiger partial charge >= 0.3 is 0 Å². The third-order valence-corrected chi connectivity index (χ3v) is 3.30. The average molecular weight is 248 g/mol. The van der Waals surface area contributed by atoms with Crippen LogP contribution < -0.4 is 10.6 Å². The van der Waals surface area contributed by atoms with Gasteiger partial charge in [-0.15, -0.1) is 0 Å². The quantitative estimate of drug-likeness (QED) is 0.840. The first-order valence-corrected chi connectivity index (χ1v) is 6.00. The second-order valence-electron chi connectivity index (χ2n) is 4.66. The Balaban J connectivity index is 2.30. The molecule has 5 heteroatoms. The molecule has 1 aliphatic heterocycles. The van der Waals surface area contributed by atoms with Crippen LogP contribution in [0.4, 0.5) is 10.1 Å². The molecule has 1 saturated heterocycles. The highest BCUT2D eigenvalue weighted by molar-refractivity contribution is 5.53. The number of benzene rings is 1. The molecule has 0 radical (unpaired) electrons. The molecule has 0 bridgehead atoms. The molecule has 1 atom stereocenters. The maximum Gasteiger partial charge on any atom is 0.126 e. The highest BCUT2D eigenvalue weighted by Gasteiger charge is 2.24. The zero-order valence-electron chi connectivity index (χ0n) is 10.4. The lowest BCUT2D eigenvalue weighted by Gasteiger charge is -2.41. The summed E-state index contributed by atoms with van der Waals surface area (Å²) in [5.41, 5.74) is 6.87. The fourth-order valence-electron chi connectivity index (χ4n) is 2.36. The molecule has 0 aromatic heterocycles. The molecule has 2 N–H and O–H groups in total. The van der Waals surface area contributed by atoms with Gasteiger partial charge in [0.1, 0.15) is 5.82 Å². The summed E-state index contributed by atoms with van der Waals surface area (Å²) in [6, 6.07) is 6.58. The number of nitrogens with two attached hydrogens (primary N) is 1. The van der Waals surface area contributed by atoms with Crippen molar-refractivity contribution in [3.8, 4) is 6.07 Å². The van der Waals surface area contributed by atoms with Gasteiger partial charge in [0.2, 0.25) is 0 Å². The van der Waals surface area contributed by atoms with Gasteiger partial charge in [-0.05, 0) is 25.2 Å². The summed E-state index contributed by atoms with van der Waals surface area (Å²) in [4.78, 5) is 4.29. The van der Waals surface area contributed by atoms with Crippen molar-refractivity contribution in [1.29, 1.82) is 5.26 Å². The minimum Gasteiger partial charge on any atom is -0.365 e. The van der Waals surface area contributed by atoms with Crippen LogP contribution in [-0.4, -0.2) is 44.2 Å². The van der Waals surface area contributed by atoms with Crippen LogP contribution in [-0.2, 0) is 0 Å². The molecule has 4 nitrogen and oxygen atoms in total. The molecule has 18 heavy (non-hydrogen) atoms. The van der Waals surface area contributed by atoms with Crippen molar-refractivity contribution in [2.24, 2.45) is 5.73 Å². The van der Waals surface area contributed by atoms with E-state index in [4.69, 9.17) is 11.0 Å². The number of hydrogen-bond donors (Lipinski definition) is 1. The molecule has 0 spiro atoms. The Morgan fingerprint density at radius 2 is 2.22 bits per heavy atom. The molecule has 0 saturated carbocycles. The minimum atomic E-state index is -0.376. The largest absolute Gasteiger partial charge is 0.365 e. The van der Waals surface area contributed by atoms with Gasteiger partial charge in [-0.2, -0.15) is 5.26 Å². The summed E-state index contributed by atoms with van der Waals surface area (Å²) in [5, 5.41) is 8.88. The predicted octanol–water partition coefficient (Wildman–Crippen LogP) is 0.776. The maximum absolute atomic E-state index is 13.5. The van der Waals surface area contributed by atoms with Crippen LogP contribution >= 0.6 is 0 Å². The molecule has 0 amide bonds. The number of nitriles is 1. The molecule has 1 aromatic carbocycles. The summed E-state index contributed by atoms with van der Waals surface area (Å²) in [6.45, 7) is 3.08. The van der Waals surface area contributed by atoms with Gasteiger partial charge in [0.15, 0.2) is 0 Å². The lowest BCUT2D eigenvalue weighted by Crippen LogP contribution is -2.55. The van der Waals surface area contributed by atoms with Gasteiger partial charge in [0, 0.05) is 31.9 Å². The molecule has 96 valence electrons. The predicted molar refractivity (Wildman–Crippen MR) is 68.8 cm³/mol. The molecular weight excluding hydrogens is 231 g/mol. The van der Waals surface area contributed by atoms with Crippen LogP contribution in [0, 0.1) is 17.1 Å². The van der Waals surface area contributed by atoms with E-state index >= 15 is 0 Å². The van der Waals surface area contributed by atoms with Crippen molar-refractivity contribution in [3.05, 3.63) is 29.6 Å². The van der Waals surface area contributed by atoms with Crippen LogP contribution in [0.1, 0.15) is 5.56 Å². The SMILES string of the molecule is CN1CCN(c2cc(F)cc(C#N)c2)C(CN)C1. The summed E-state index contributed by atoms with van der Waals surface area (Å²) in [7, 11) is 2.05. The third kappa shape index (κ3) is 2.61. The third-order valence-electron chi connectivity index (χ3n) is 3.30. The van der Waals surface area contributed by atoms with E-state index in [1.54, 1.807) is 6.07 Å². The topological polar surface area (TPSA) is 56.3 Å². The van der Waals surface area contributed by atoms with E-state index in [9.17, 15) is 4.39 Å². The Morgan fingerprint density at radius 3 is 2.89 bits per heavy atom. The standard InChI is InChI=1S/C13H17FN4/c1-17-2-3-18(13(8-16)9-17)12-5-10(7-15)4-11(14)6-12/h4-6,13H,2-3,8-9,16H2,1H3. The van der Waals surface area contributed by atoms with Crippen LogP contribution in [0.25, 0.3) is 0 Å². The van der Waals surface area contributed by atoms with Gasteiger partial charge in [-0.3, -0.25) is 0 Å². The number of anilines is 1. The van der Waals surface area contributed by atoms with Crippen LogP contribution in [0.3, 0.4) is 0 Å². The van der Waals surface area contributed by atoms with E-state index < -0.39 is 0 Å². The molecule has 1 unspecified atom stereocenters. The molecule has 1 fully saturated rings. The second-order valence-corrected chi connectivity index (χ2v) is 4.66. The molecule has 1 aliphatic rings. The highest BCUT2D eigenvalue weighted by Crippen LogP contribution is 2.22. The molecule has 1 aromatic rings. The number of piperazine rings is 1. The summed E-state index contributed by atoms with van der Waals surface area (Å²) >= 11 is 0. The van der Waals surface area contributed by atoms with E-state index in [2.05, 4.69) is 9.80 Å². The van der Waals surface area contributed by atoms with Crippen molar-refractivity contribution in [2.75, 3.05) is 38.1 Å². The number of likely N-dealkylation sites (N-methyl/N-ethyl adjacent to an activating group) is 1. The van der Waals surface area contributed by atoms with Gasteiger partial charge in [-0.25, -0.2) is 4.39 Å². The molecule has 0 aliphatic carbocycles. The normalized spacial score (nSPS) is 20.8. The Morgan fingerprint density at radius 1 is 1.44 bits per heavy atom. The van der Waals surface area contributed by atoms with Gasteiger partial charge < -0.3 is 15.5 Å². The van der Waals surface area contributed by atoms with Crippen LogP contribution in [0.2, 0.25) is 0 Å². The van der Waals surface area contributed by atoms with Crippen LogP contribution in [0.5, 0.6) is 0 Å². The smallest absolute Gasteiger partial charge is 0.126 e. The first-order chi connectivity index (χ1) is 8.63. The number of halogens is 1. The summed E-state index contributed by atoms with van der Waals surface area (Å²) in [5.74, 6) is -0.376. The van der Waals surface area contributed by atoms with Gasteiger partial charge in [0.25, 0.3) is 0 Å². The highest BCUT2D eigenvalue weighted by atomic mass is 19.1. The maximum atomic E-state index is 13.5. The lowest BCUT2D eigenvalue weighted by atomic mass is 10.1. The van der Waals surface area contributed by atoms with E-state index in [0.717, 1.165) is 25.3 Å². The zero-order chi connectivity index (χ0) is 13.1. The lowest BCUT2D eigenvalue weighted by molar-refractivity contribution is 0.269. The van der Waals surface area contributed by atoms with Crippen molar-refractivity contribution < 1.29 is 4.39 Å². The van der Waals surface area contributed by atoms with Crippen molar-refractivity contribution >= 4 is 5.69 Å². The molecule has 2 rings (SSSR count).